The fourth-order valence-corrected chi connectivity index (χ4v) is 3.39. The number of carboxylic acids is 1. The van der Waals surface area contributed by atoms with Crippen LogP contribution in [0.5, 0.6) is 5.75 Å². The lowest BCUT2D eigenvalue weighted by atomic mass is 9.74. The van der Waals surface area contributed by atoms with Gasteiger partial charge in [0.05, 0.1) is 12.7 Å². The number of hydrogen-bond acceptors (Lipinski definition) is 4. The topological polar surface area (TPSA) is 84.9 Å². The maximum absolute atomic E-state index is 12.5. The van der Waals surface area contributed by atoms with Crippen LogP contribution < -0.4 is 10.1 Å². The van der Waals surface area contributed by atoms with E-state index in [1.165, 1.54) is 24.3 Å². The second-order valence-electron chi connectivity index (χ2n) is 6.69. The van der Waals surface area contributed by atoms with Gasteiger partial charge < -0.3 is 19.9 Å². The maximum Gasteiger partial charge on any atom is 0.335 e. The van der Waals surface area contributed by atoms with Crippen molar-refractivity contribution in [1.29, 1.82) is 0 Å². The molecule has 0 bridgehead atoms. The van der Waals surface area contributed by atoms with Gasteiger partial charge in [0.1, 0.15) is 5.75 Å². The van der Waals surface area contributed by atoms with Crippen LogP contribution in [-0.4, -0.2) is 43.9 Å². The highest BCUT2D eigenvalue weighted by molar-refractivity contribution is 5.95. The van der Waals surface area contributed by atoms with Crippen molar-refractivity contribution in [1.82, 2.24) is 5.32 Å². The normalized spacial score (nSPS) is 15.7. The summed E-state index contributed by atoms with van der Waals surface area (Å²) < 4.78 is 10.8. The lowest BCUT2D eigenvalue weighted by molar-refractivity contribution is 0.0487. The molecule has 6 heteroatoms. The molecule has 0 aliphatic carbocycles. The Labute approximate surface area is 158 Å². The Morgan fingerprint density at radius 3 is 2.19 bits per heavy atom. The van der Waals surface area contributed by atoms with Crippen LogP contribution in [0.15, 0.2) is 48.5 Å². The summed E-state index contributed by atoms with van der Waals surface area (Å²) in [6.45, 7) is 1.78. The van der Waals surface area contributed by atoms with Gasteiger partial charge in [0.2, 0.25) is 0 Å². The van der Waals surface area contributed by atoms with Gasteiger partial charge in [0, 0.05) is 30.7 Å². The first kappa shape index (κ1) is 18.9. The molecule has 0 aromatic heterocycles. The van der Waals surface area contributed by atoms with Gasteiger partial charge in [-0.2, -0.15) is 0 Å². The van der Waals surface area contributed by atoms with Crippen molar-refractivity contribution < 1.29 is 24.2 Å². The first-order chi connectivity index (χ1) is 13.0. The molecular formula is C21H23NO5. The SMILES string of the molecule is COc1ccc(C2(CNC(=O)c3ccc(C(=O)O)cc3)CCOCC2)cc1. The minimum absolute atomic E-state index is 0.158. The molecule has 1 fully saturated rings. The predicted molar refractivity (Wildman–Crippen MR) is 100 cm³/mol. The smallest absolute Gasteiger partial charge is 0.335 e. The third-order valence-electron chi connectivity index (χ3n) is 5.13. The van der Waals surface area contributed by atoms with Crippen molar-refractivity contribution in [2.24, 2.45) is 0 Å². The van der Waals surface area contributed by atoms with Gasteiger partial charge >= 0.3 is 5.97 Å². The van der Waals surface area contributed by atoms with Crippen LogP contribution in [-0.2, 0) is 10.2 Å². The molecule has 6 nitrogen and oxygen atoms in total. The molecular weight excluding hydrogens is 346 g/mol. The van der Waals surface area contributed by atoms with Crippen LogP contribution in [0, 0.1) is 0 Å². The summed E-state index contributed by atoms with van der Waals surface area (Å²) >= 11 is 0. The number of aromatic carboxylic acids is 1. The molecule has 1 saturated heterocycles. The van der Waals surface area contributed by atoms with Crippen LogP contribution in [0.25, 0.3) is 0 Å². The van der Waals surface area contributed by atoms with E-state index in [0.29, 0.717) is 25.3 Å². The lowest BCUT2D eigenvalue weighted by Crippen LogP contribution is -2.44. The van der Waals surface area contributed by atoms with E-state index >= 15 is 0 Å². The zero-order valence-corrected chi connectivity index (χ0v) is 15.2. The van der Waals surface area contributed by atoms with Gasteiger partial charge in [0.25, 0.3) is 5.91 Å². The first-order valence-electron chi connectivity index (χ1n) is 8.88. The minimum Gasteiger partial charge on any atom is -0.497 e. The standard InChI is InChI=1S/C21H23NO5/c1-26-18-8-6-17(7-9-18)21(10-12-27-13-11-21)14-22-19(23)15-2-4-16(5-3-15)20(24)25/h2-9H,10-14H2,1H3,(H,22,23)(H,24,25). The molecule has 1 amide bonds. The highest BCUT2D eigenvalue weighted by Gasteiger charge is 2.35. The zero-order valence-electron chi connectivity index (χ0n) is 15.2. The zero-order chi connectivity index (χ0) is 19.3. The van der Waals surface area contributed by atoms with E-state index in [1.807, 2.05) is 24.3 Å². The molecule has 1 aliphatic heterocycles. The van der Waals surface area contributed by atoms with Crippen molar-refractivity contribution >= 4 is 11.9 Å². The molecule has 0 spiro atoms. The number of carbonyl (C=O) groups is 2. The fraction of sp³-hybridized carbons (Fsp3) is 0.333. The number of amides is 1. The van der Waals surface area contributed by atoms with E-state index in [0.717, 1.165) is 24.2 Å². The molecule has 1 heterocycles. The number of rotatable bonds is 6. The largest absolute Gasteiger partial charge is 0.497 e. The average molecular weight is 369 g/mol. The number of nitrogens with one attached hydrogen (secondary N) is 1. The number of carbonyl (C=O) groups excluding carboxylic acids is 1. The van der Waals surface area contributed by atoms with Gasteiger partial charge in [-0.25, -0.2) is 4.79 Å². The van der Waals surface area contributed by atoms with Gasteiger partial charge in [-0.1, -0.05) is 12.1 Å². The van der Waals surface area contributed by atoms with E-state index in [4.69, 9.17) is 14.6 Å². The summed E-state index contributed by atoms with van der Waals surface area (Å²) in [5.41, 5.74) is 1.55. The summed E-state index contributed by atoms with van der Waals surface area (Å²) in [6.07, 6.45) is 1.63. The van der Waals surface area contributed by atoms with Gasteiger partial charge in [-0.3, -0.25) is 4.79 Å². The van der Waals surface area contributed by atoms with Crippen LogP contribution in [0.1, 0.15) is 39.1 Å². The van der Waals surface area contributed by atoms with E-state index < -0.39 is 5.97 Å². The summed E-state index contributed by atoms with van der Waals surface area (Å²) in [7, 11) is 1.63. The molecule has 2 aromatic carbocycles. The molecule has 2 N–H and O–H groups in total. The Bertz CT molecular complexity index is 792. The van der Waals surface area contributed by atoms with Crippen LogP contribution in [0.2, 0.25) is 0 Å². The minimum atomic E-state index is -1.01. The Morgan fingerprint density at radius 2 is 1.63 bits per heavy atom. The van der Waals surface area contributed by atoms with Gasteiger partial charge in [-0.05, 0) is 54.8 Å². The molecule has 2 aromatic rings. The Balaban J connectivity index is 1.74. The third-order valence-corrected chi connectivity index (χ3v) is 5.13. The molecule has 27 heavy (non-hydrogen) atoms. The van der Waals surface area contributed by atoms with Crippen molar-refractivity contribution in [3.8, 4) is 5.75 Å². The number of carboxylic acid groups (broad SMARTS) is 1. The molecule has 0 radical (unpaired) electrons. The maximum atomic E-state index is 12.5. The van der Waals surface area contributed by atoms with E-state index in [9.17, 15) is 9.59 Å². The Morgan fingerprint density at radius 1 is 1.04 bits per heavy atom. The molecule has 0 saturated carbocycles. The second-order valence-corrected chi connectivity index (χ2v) is 6.69. The highest BCUT2D eigenvalue weighted by Crippen LogP contribution is 2.35. The second kappa shape index (κ2) is 8.22. The van der Waals surface area contributed by atoms with Crippen molar-refractivity contribution in [3.05, 3.63) is 65.2 Å². The number of ether oxygens (including phenoxy) is 2. The average Bonchev–Trinajstić information content (AvgIpc) is 2.73. The van der Waals surface area contributed by atoms with E-state index in [1.54, 1.807) is 7.11 Å². The Kier molecular flexibility index (Phi) is 5.76. The lowest BCUT2D eigenvalue weighted by Gasteiger charge is -2.38. The Hall–Kier alpha value is -2.86. The van der Waals surface area contributed by atoms with E-state index in [-0.39, 0.29) is 16.9 Å². The third kappa shape index (κ3) is 4.28. The quantitative estimate of drug-likeness (QED) is 0.818. The molecule has 3 rings (SSSR count). The van der Waals surface area contributed by atoms with Gasteiger partial charge in [-0.15, -0.1) is 0 Å². The monoisotopic (exact) mass is 369 g/mol. The van der Waals surface area contributed by atoms with Crippen LogP contribution in [0.4, 0.5) is 0 Å². The first-order valence-corrected chi connectivity index (χ1v) is 8.88. The van der Waals surface area contributed by atoms with Crippen molar-refractivity contribution in [2.45, 2.75) is 18.3 Å². The van der Waals surface area contributed by atoms with E-state index in [2.05, 4.69) is 5.32 Å². The molecule has 142 valence electrons. The number of methoxy groups -OCH3 is 1. The summed E-state index contributed by atoms with van der Waals surface area (Å²) in [5.74, 6) is -0.433. The number of benzene rings is 2. The van der Waals surface area contributed by atoms with Crippen molar-refractivity contribution in [2.75, 3.05) is 26.9 Å². The number of hydrogen-bond donors (Lipinski definition) is 2. The van der Waals surface area contributed by atoms with Crippen LogP contribution in [0.3, 0.4) is 0 Å². The molecule has 1 aliphatic rings. The summed E-state index contributed by atoms with van der Waals surface area (Å²) in [6, 6.07) is 13.9. The summed E-state index contributed by atoms with van der Waals surface area (Å²) in [5, 5.41) is 12.0. The van der Waals surface area contributed by atoms with Crippen molar-refractivity contribution in [3.63, 3.8) is 0 Å². The molecule has 0 atom stereocenters. The fourth-order valence-electron chi connectivity index (χ4n) is 3.39. The highest BCUT2D eigenvalue weighted by atomic mass is 16.5. The van der Waals surface area contributed by atoms with Gasteiger partial charge in [0.15, 0.2) is 0 Å². The summed E-state index contributed by atoms with van der Waals surface area (Å²) in [4.78, 5) is 23.5. The predicted octanol–water partition coefficient (Wildman–Crippen LogP) is 2.87. The van der Waals surface area contributed by atoms with Crippen LogP contribution >= 0.6 is 0 Å². The molecule has 0 unspecified atom stereocenters.